The number of hydrogen-bond acceptors (Lipinski definition) is 5. The Bertz CT molecular complexity index is 362. The summed E-state index contributed by atoms with van der Waals surface area (Å²) < 4.78 is 45.4. The SMILES string of the molecule is CCCCCC(CCC)C1OCC(COS(=O)(=O)O)CO1. The lowest BCUT2D eigenvalue weighted by molar-refractivity contribution is -0.229. The zero-order chi connectivity index (χ0) is 15.7. The summed E-state index contributed by atoms with van der Waals surface area (Å²) in [5.74, 6) is 0.228. The summed E-state index contributed by atoms with van der Waals surface area (Å²) in [4.78, 5) is 0. The van der Waals surface area contributed by atoms with E-state index < -0.39 is 10.4 Å². The highest BCUT2D eigenvalue weighted by molar-refractivity contribution is 7.80. The molecule has 0 amide bonds. The minimum absolute atomic E-state index is 0.111. The topological polar surface area (TPSA) is 82.1 Å². The van der Waals surface area contributed by atoms with Crippen LogP contribution in [0.4, 0.5) is 0 Å². The maximum absolute atomic E-state index is 10.5. The molecule has 0 radical (unpaired) electrons. The van der Waals surface area contributed by atoms with Crippen LogP contribution in [0.2, 0.25) is 0 Å². The molecule has 0 aliphatic carbocycles. The van der Waals surface area contributed by atoms with Gasteiger partial charge in [-0.05, 0) is 12.8 Å². The molecule has 1 fully saturated rings. The van der Waals surface area contributed by atoms with Crippen molar-refractivity contribution >= 4 is 10.4 Å². The Hall–Kier alpha value is -0.210. The Morgan fingerprint density at radius 2 is 1.81 bits per heavy atom. The molecule has 0 aromatic rings. The molecular weight excluding hydrogens is 296 g/mol. The van der Waals surface area contributed by atoms with Crippen molar-refractivity contribution in [1.29, 1.82) is 0 Å². The Balaban J connectivity index is 2.34. The van der Waals surface area contributed by atoms with Crippen molar-refractivity contribution in [1.82, 2.24) is 0 Å². The lowest BCUT2D eigenvalue weighted by Crippen LogP contribution is -2.39. The van der Waals surface area contributed by atoms with Crippen LogP contribution in [0.25, 0.3) is 0 Å². The van der Waals surface area contributed by atoms with Crippen LogP contribution < -0.4 is 0 Å². The van der Waals surface area contributed by atoms with Crippen molar-refractivity contribution in [2.45, 2.75) is 58.7 Å². The first kappa shape index (κ1) is 18.8. The van der Waals surface area contributed by atoms with E-state index in [9.17, 15) is 8.42 Å². The fraction of sp³-hybridized carbons (Fsp3) is 1.00. The van der Waals surface area contributed by atoms with Gasteiger partial charge in [0.15, 0.2) is 6.29 Å². The first-order valence-corrected chi connectivity index (χ1v) is 9.17. The fourth-order valence-electron chi connectivity index (χ4n) is 2.55. The average molecular weight is 324 g/mol. The number of ether oxygens (including phenoxy) is 2. The van der Waals surface area contributed by atoms with E-state index in [2.05, 4.69) is 18.0 Å². The van der Waals surface area contributed by atoms with Crippen molar-refractivity contribution < 1.29 is 26.6 Å². The molecule has 1 heterocycles. The average Bonchev–Trinajstić information content (AvgIpc) is 2.44. The van der Waals surface area contributed by atoms with E-state index >= 15 is 0 Å². The van der Waals surface area contributed by atoms with Crippen molar-refractivity contribution in [2.75, 3.05) is 19.8 Å². The van der Waals surface area contributed by atoms with Crippen molar-refractivity contribution in [2.24, 2.45) is 11.8 Å². The molecule has 6 nitrogen and oxygen atoms in total. The van der Waals surface area contributed by atoms with Gasteiger partial charge in [0, 0.05) is 11.8 Å². The summed E-state index contributed by atoms with van der Waals surface area (Å²) in [6.45, 7) is 5.02. The van der Waals surface area contributed by atoms with Gasteiger partial charge < -0.3 is 9.47 Å². The maximum atomic E-state index is 10.5. The van der Waals surface area contributed by atoms with Gasteiger partial charge in [0.1, 0.15) is 0 Å². The molecular formula is C14H28O6S. The van der Waals surface area contributed by atoms with Crippen LogP contribution in [-0.2, 0) is 24.1 Å². The van der Waals surface area contributed by atoms with Crippen LogP contribution in [0.1, 0.15) is 52.4 Å². The highest BCUT2D eigenvalue weighted by atomic mass is 32.3. The Kier molecular flexibility index (Phi) is 8.73. The van der Waals surface area contributed by atoms with Gasteiger partial charge in [-0.3, -0.25) is 4.55 Å². The predicted molar refractivity (Wildman–Crippen MR) is 79.2 cm³/mol. The lowest BCUT2D eigenvalue weighted by atomic mass is 9.95. The van der Waals surface area contributed by atoms with Crippen molar-refractivity contribution in [3.05, 3.63) is 0 Å². The molecule has 1 unspecified atom stereocenters. The van der Waals surface area contributed by atoms with Crippen LogP contribution in [-0.4, -0.2) is 39.1 Å². The summed E-state index contributed by atoms with van der Waals surface area (Å²) in [6, 6.07) is 0. The molecule has 1 aliphatic heterocycles. The number of rotatable bonds is 10. The van der Waals surface area contributed by atoms with Crippen molar-refractivity contribution in [3.63, 3.8) is 0 Å². The van der Waals surface area contributed by atoms with Gasteiger partial charge in [0.05, 0.1) is 19.8 Å². The van der Waals surface area contributed by atoms with Crippen LogP contribution in [0, 0.1) is 11.8 Å². The van der Waals surface area contributed by atoms with Crippen LogP contribution in [0.3, 0.4) is 0 Å². The first-order chi connectivity index (χ1) is 9.96. The Morgan fingerprint density at radius 1 is 1.14 bits per heavy atom. The molecule has 1 N–H and O–H groups in total. The second kappa shape index (κ2) is 9.74. The van der Waals surface area contributed by atoms with Crippen LogP contribution in [0.5, 0.6) is 0 Å². The molecule has 21 heavy (non-hydrogen) atoms. The molecule has 0 spiro atoms. The van der Waals surface area contributed by atoms with E-state index in [1.165, 1.54) is 19.3 Å². The predicted octanol–water partition coefficient (Wildman–Crippen LogP) is 2.79. The number of hydrogen-bond donors (Lipinski definition) is 1. The fourth-order valence-corrected chi connectivity index (χ4v) is 2.92. The summed E-state index contributed by atoms with van der Waals surface area (Å²) in [7, 11) is -4.39. The van der Waals surface area contributed by atoms with E-state index in [0.29, 0.717) is 19.1 Å². The highest BCUT2D eigenvalue weighted by Crippen LogP contribution is 2.26. The molecule has 0 saturated carbocycles. The monoisotopic (exact) mass is 324 g/mol. The molecule has 1 rings (SSSR count). The van der Waals surface area contributed by atoms with E-state index in [-0.39, 0.29) is 18.8 Å². The van der Waals surface area contributed by atoms with Gasteiger partial charge >= 0.3 is 10.4 Å². The summed E-state index contributed by atoms with van der Waals surface area (Å²) >= 11 is 0. The Morgan fingerprint density at radius 3 is 2.33 bits per heavy atom. The molecule has 126 valence electrons. The minimum Gasteiger partial charge on any atom is -0.352 e. The van der Waals surface area contributed by atoms with Gasteiger partial charge in [0.2, 0.25) is 0 Å². The third-order valence-corrected chi connectivity index (χ3v) is 4.10. The smallest absolute Gasteiger partial charge is 0.352 e. The summed E-state index contributed by atoms with van der Waals surface area (Å²) in [5, 5.41) is 0. The zero-order valence-electron chi connectivity index (χ0n) is 13.0. The molecule has 1 saturated heterocycles. The quantitative estimate of drug-likeness (QED) is 0.491. The van der Waals surface area contributed by atoms with Crippen LogP contribution in [0.15, 0.2) is 0 Å². The molecule has 1 aliphatic rings. The molecule has 7 heteroatoms. The van der Waals surface area contributed by atoms with Gasteiger partial charge in [-0.15, -0.1) is 0 Å². The summed E-state index contributed by atoms with van der Waals surface area (Å²) in [6.07, 6.45) is 6.65. The zero-order valence-corrected chi connectivity index (χ0v) is 13.8. The van der Waals surface area contributed by atoms with Crippen molar-refractivity contribution in [3.8, 4) is 0 Å². The standard InChI is InChI=1S/C14H28O6S/c1-3-5-6-8-13(7-4-2)14-18-9-12(10-19-14)11-20-21(15,16)17/h12-14H,3-11H2,1-2H3,(H,15,16,17). The van der Waals surface area contributed by atoms with E-state index in [1.54, 1.807) is 0 Å². The van der Waals surface area contributed by atoms with E-state index in [4.69, 9.17) is 14.0 Å². The highest BCUT2D eigenvalue weighted by Gasteiger charge is 2.29. The minimum atomic E-state index is -4.39. The van der Waals surface area contributed by atoms with Gasteiger partial charge in [-0.2, -0.15) is 8.42 Å². The van der Waals surface area contributed by atoms with Crippen LogP contribution >= 0.6 is 0 Å². The van der Waals surface area contributed by atoms with Gasteiger partial charge in [-0.25, -0.2) is 4.18 Å². The normalized spacial score (nSPS) is 24.9. The first-order valence-electron chi connectivity index (χ1n) is 7.81. The molecule has 1 atom stereocenters. The van der Waals surface area contributed by atoms with Gasteiger partial charge in [0.25, 0.3) is 0 Å². The largest absolute Gasteiger partial charge is 0.397 e. The maximum Gasteiger partial charge on any atom is 0.397 e. The number of unbranched alkanes of at least 4 members (excludes halogenated alkanes) is 2. The van der Waals surface area contributed by atoms with Gasteiger partial charge in [-0.1, -0.05) is 39.5 Å². The second-order valence-electron chi connectivity index (χ2n) is 5.66. The molecule has 0 aromatic heterocycles. The van der Waals surface area contributed by atoms with E-state index in [0.717, 1.165) is 19.3 Å². The molecule has 0 bridgehead atoms. The third-order valence-electron chi connectivity index (χ3n) is 3.67. The van der Waals surface area contributed by atoms with E-state index in [1.807, 2.05) is 0 Å². The molecule has 0 aromatic carbocycles. The summed E-state index contributed by atoms with van der Waals surface area (Å²) in [5.41, 5.74) is 0. The lowest BCUT2D eigenvalue weighted by Gasteiger charge is -2.34. The second-order valence-corrected chi connectivity index (χ2v) is 6.75. The third kappa shape index (κ3) is 8.11. The Labute approximate surface area is 128 Å².